The second-order valence-corrected chi connectivity index (χ2v) is 11.0. The molecule has 38 heavy (non-hydrogen) atoms. The minimum Gasteiger partial charge on any atom is -0.508 e. The average Bonchev–Trinajstić information content (AvgIpc) is 2.86. The van der Waals surface area contributed by atoms with Crippen molar-refractivity contribution in [3.63, 3.8) is 0 Å². The summed E-state index contributed by atoms with van der Waals surface area (Å²) in [6.07, 6.45) is 1.36. The summed E-state index contributed by atoms with van der Waals surface area (Å²) in [5.74, 6) is -8.77. The van der Waals surface area contributed by atoms with Gasteiger partial charge in [0.1, 0.15) is 22.8 Å². The molecule has 7 N–H and O–H groups in total. The number of nitrogens with zero attached hydrogens (tertiary/aromatic N) is 2. The summed E-state index contributed by atoms with van der Waals surface area (Å²) in [6.45, 7) is 3.15. The van der Waals surface area contributed by atoms with Crippen LogP contribution in [0.2, 0.25) is 0 Å². The summed E-state index contributed by atoms with van der Waals surface area (Å²) < 4.78 is 0. The van der Waals surface area contributed by atoms with Gasteiger partial charge in [0.2, 0.25) is 5.78 Å². The van der Waals surface area contributed by atoms with E-state index in [9.17, 15) is 39.9 Å². The third kappa shape index (κ3) is 3.28. The number of rotatable bonds is 3. The van der Waals surface area contributed by atoms with Crippen LogP contribution in [0.5, 0.6) is 5.75 Å². The fourth-order valence-electron chi connectivity index (χ4n) is 7.00. The Morgan fingerprint density at radius 3 is 2.32 bits per heavy atom. The zero-order valence-electron chi connectivity index (χ0n) is 21.5. The quantitative estimate of drug-likeness (QED) is 0.302. The fourth-order valence-corrected chi connectivity index (χ4v) is 7.00. The van der Waals surface area contributed by atoms with E-state index >= 15 is 0 Å². The van der Waals surface area contributed by atoms with Gasteiger partial charge >= 0.3 is 0 Å². The number of nitrogens with two attached hydrogens (primary N) is 1. The summed E-state index contributed by atoms with van der Waals surface area (Å²) in [5.41, 5.74) is 2.12. The number of ketones is 2. The molecular formula is C27H33N3O8. The number of phenols is 1. The summed E-state index contributed by atoms with van der Waals surface area (Å²) in [6, 6.07) is 2.12. The Morgan fingerprint density at radius 2 is 1.74 bits per heavy atom. The predicted molar refractivity (Wildman–Crippen MR) is 136 cm³/mol. The molecule has 4 aliphatic rings. The first-order valence-electron chi connectivity index (χ1n) is 12.8. The molecule has 6 atom stereocenters. The number of benzene rings is 1. The Bertz CT molecular complexity index is 1310. The molecule has 3 aliphatic carbocycles. The highest BCUT2D eigenvalue weighted by atomic mass is 16.4. The van der Waals surface area contributed by atoms with Gasteiger partial charge in [0.25, 0.3) is 5.91 Å². The van der Waals surface area contributed by atoms with Gasteiger partial charge in [0, 0.05) is 24.6 Å². The topological polar surface area (TPSA) is 185 Å². The van der Waals surface area contributed by atoms with Crippen molar-refractivity contribution in [2.75, 3.05) is 32.1 Å². The van der Waals surface area contributed by atoms with Crippen molar-refractivity contribution in [2.24, 2.45) is 17.6 Å². The molecule has 1 heterocycles. The fraction of sp³-hybridized carbons (Fsp3) is 0.519. The minimum atomic E-state index is -2.91. The minimum absolute atomic E-state index is 0.0177. The number of aliphatic hydroxyl groups excluding tert-OH is 3. The van der Waals surface area contributed by atoms with E-state index in [1.165, 1.54) is 19.0 Å². The van der Waals surface area contributed by atoms with Crippen LogP contribution in [0.3, 0.4) is 0 Å². The molecule has 1 aromatic rings. The maximum atomic E-state index is 14.0. The van der Waals surface area contributed by atoms with Gasteiger partial charge in [-0.1, -0.05) is 13.0 Å². The predicted octanol–water partition coefficient (Wildman–Crippen LogP) is 0.486. The zero-order chi connectivity index (χ0) is 27.8. The molecule has 0 radical (unpaired) electrons. The first-order chi connectivity index (χ1) is 17.8. The molecule has 204 valence electrons. The van der Waals surface area contributed by atoms with Gasteiger partial charge in [-0.3, -0.25) is 19.3 Å². The number of aromatic hydroxyl groups is 1. The van der Waals surface area contributed by atoms with Crippen LogP contribution in [0.4, 0.5) is 5.69 Å². The first-order valence-corrected chi connectivity index (χ1v) is 12.8. The molecule has 0 spiro atoms. The summed E-state index contributed by atoms with van der Waals surface area (Å²) >= 11 is 0. The maximum Gasteiger partial charge on any atom is 0.255 e. The highest BCUT2D eigenvalue weighted by Gasteiger charge is 2.68. The van der Waals surface area contributed by atoms with E-state index in [4.69, 9.17) is 5.73 Å². The second kappa shape index (κ2) is 8.82. The molecule has 1 unspecified atom stereocenters. The van der Waals surface area contributed by atoms with Crippen molar-refractivity contribution in [3.05, 3.63) is 40.2 Å². The molecule has 0 bridgehead atoms. The van der Waals surface area contributed by atoms with Gasteiger partial charge in [-0.15, -0.1) is 0 Å². The lowest BCUT2D eigenvalue weighted by molar-refractivity contribution is -0.169. The smallest absolute Gasteiger partial charge is 0.255 e. The Morgan fingerprint density at radius 1 is 1.11 bits per heavy atom. The van der Waals surface area contributed by atoms with Crippen LogP contribution in [0.1, 0.15) is 43.2 Å². The number of hydrogen-bond acceptors (Lipinski definition) is 10. The Hall–Kier alpha value is -3.41. The molecule has 1 aliphatic heterocycles. The van der Waals surface area contributed by atoms with Gasteiger partial charge in [-0.2, -0.15) is 0 Å². The number of amides is 1. The van der Waals surface area contributed by atoms with Crippen LogP contribution in [0.15, 0.2) is 29.0 Å². The molecule has 1 saturated carbocycles. The molecule has 1 amide bonds. The third-order valence-electron chi connectivity index (χ3n) is 8.80. The number of fused-ring (bicyclic) bond motifs is 3. The summed E-state index contributed by atoms with van der Waals surface area (Å²) in [4.78, 5) is 42.7. The standard InChI is InChI=1S/C27H33N3O8/c1-11-12-7-8-13(30-9-5-4-6-10-30)20(31)15(12)21(32)16-14(11)22(33)18-19(29(2)3)23(34)17(26(28)37)25(36)27(18,38)24(16)35/h7-8,11,14,18-19,22,31-33,36,38H,4-6,9-10H2,1-3H3,(H2,28,37)/t11-,14+,18+,19?,22-,27+/m1/s1. The zero-order valence-corrected chi connectivity index (χ0v) is 21.5. The maximum absolute atomic E-state index is 14.0. The molecule has 2 fully saturated rings. The number of phenolic OH excluding ortho intramolecular Hbond substituents is 1. The molecular weight excluding hydrogens is 494 g/mol. The first kappa shape index (κ1) is 26.2. The monoisotopic (exact) mass is 527 g/mol. The number of anilines is 1. The van der Waals surface area contributed by atoms with Crippen LogP contribution >= 0.6 is 0 Å². The lowest BCUT2D eigenvalue weighted by Gasteiger charge is -2.53. The van der Waals surface area contributed by atoms with E-state index in [-0.39, 0.29) is 16.9 Å². The second-order valence-electron chi connectivity index (χ2n) is 11.0. The largest absolute Gasteiger partial charge is 0.508 e. The van der Waals surface area contributed by atoms with Crippen LogP contribution in [-0.2, 0) is 14.4 Å². The third-order valence-corrected chi connectivity index (χ3v) is 8.80. The van der Waals surface area contributed by atoms with E-state index in [1.54, 1.807) is 19.1 Å². The van der Waals surface area contributed by atoms with Gasteiger partial charge in [-0.25, -0.2) is 0 Å². The van der Waals surface area contributed by atoms with Gasteiger partial charge in [0.05, 0.1) is 29.3 Å². The normalized spacial score (nSPS) is 33.3. The van der Waals surface area contributed by atoms with Crippen LogP contribution in [-0.4, -0.2) is 92.8 Å². The Labute approximate surface area is 219 Å². The average molecular weight is 528 g/mol. The Kier molecular flexibility index (Phi) is 6.08. The van der Waals surface area contributed by atoms with Crippen molar-refractivity contribution in [1.29, 1.82) is 0 Å². The van der Waals surface area contributed by atoms with E-state index in [1.807, 2.05) is 4.90 Å². The molecule has 11 heteroatoms. The number of likely N-dealkylation sites (N-methyl/N-ethyl adjacent to an activating group) is 1. The van der Waals surface area contributed by atoms with Gasteiger partial charge in [-0.05, 0) is 50.9 Å². The summed E-state index contributed by atoms with van der Waals surface area (Å²) in [5, 5.41) is 57.1. The number of carbonyl (C=O) groups is 3. The molecule has 0 aromatic heterocycles. The van der Waals surface area contributed by atoms with Crippen LogP contribution in [0, 0.1) is 11.8 Å². The van der Waals surface area contributed by atoms with Gasteiger partial charge in [0.15, 0.2) is 11.4 Å². The van der Waals surface area contributed by atoms with Crippen molar-refractivity contribution in [2.45, 2.75) is 49.9 Å². The highest BCUT2D eigenvalue weighted by Crippen LogP contribution is 2.57. The number of aliphatic hydroxyl groups is 4. The molecule has 1 saturated heterocycles. The van der Waals surface area contributed by atoms with Gasteiger partial charge < -0.3 is 36.2 Å². The number of primary amides is 1. The van der Waals surface area contributed by atoms with E-state index in [2.05, 4.69) is 0 Å². The summed E-state index contributed by atoms with van der Waals surface area (Å²) in [7, 11) is 2.95. The Balaban J connectivity index is 1.75. The number of carbonyl (C=O) groups excluding carboxylic acids is 3. The SMILES string of the molecule is C[C@@H]1c2ccc(N3CCCCC3)c(O)c2C(O)=C2C(=O)[C@]3(O)C(O)=C(C(N)=O)C(=O)C(N(C)C)[C@H]3[C@H](O)[C@H]21. The number of hydrogen-bond donors (Lipinski definition) is 6. The van der Waals surface area contributed by atoms with Crippen molar-refractivity contribution in [3.8, 4) is 5.75 Å². The number of Topliss-reactive ketones (excluding diaryl/α,β-unsaturated/α-hetero) is 2. The van der Waals surface area contributed by atoms with Crippen molar-refractivity contribution < 1.29 is 39.9 Å². The van der Waals surface area contributed by atoms with Crippen molar-refractivity contribution in [1.82, 2.24) is 4.90 Å². The van der Waals surface area contributed by atoms with E-state index < -0.39 is 70.1 Å². The highest BCUT2D eigenvalue weighted by molar-refractivity contribution is 6.24. The molecule has 1 aromatic carbocycles. The lowest BCUT2D eigenvalue weighted by atomic mass is 9.54. The van der Waals surface area contributed by atoms with Crippen LogP contribution < -0.4 is 10.6 Å². The van der Waals surface area contributed by atoms with E-state index in [0.29, 0.717) is 11.3 Å². The lowest BCUT2D eigenvalue weighted by Crippen LogP contribution is -2.70. The van der Waals surface area contributed by atoms with Crippen molar-refractivity contribution >= 4 is 28.9 Å². The molecule has 5 rings (SSSR count). The number of piperidine rings is 1. The molecule has 11 nitrogen and oxygen atoms in total. The van der Waals surface area contributed by atoms with E-state index in [0.717, 1.165) is 32.4 Å². The van der Waals surface area contributed by atoms with Crippen LogP contribution in [0.25, 0.3) is 5.76 Å².